The molecule has 0 unspecified atom stereocenters. The molecular formula is C20H29N5O2. The van der Waals surface area contributed by atoms with Crippen molar-refractivity contribution in [1.29, 1.82) is 0 Å². The Morgan fingerprint density at radius 1 is 1.30 bits per heavy atom. The fourth-order valence-electron chi connectivity index (χ4n) is 4.49. The molecule has 27 heavy (non-hydrogen) atoms. The zero-order valence-corrected chi connectivity index (χ0v) is 16.3. The van der Waals surface area contributed by atoms with Crippen molar-refractivity contribution in [2.75, 3.05) is 19.7 Å². The number of hydrogen-bond acceptors (Lipinski definition) is 4. The summed E-state index contributed by atoms with van der Waals surface area (Å²) in [6.45, 7) is 7.32. The predicted octanol–water partition coefficient (Wildman–Crippen LogP) is 2.74. The first-order valence-corrected chi connectivity index (χ1v) is 10.1. The third-order valence-electron chi connectivity index (χ3n) is 6.01. The third-order valence-corrected chi connectivity index (χ3v) is 6.01. The highest BCUT2D eigenvalue weighted by Gasteiger charge is 2.38. The van der Waals surface area contributed by atoms with Gasteiger partial charge < -0.3 is 18.8 Å². The van der Waals surface area contributed by atoms with E-state index < -0.39 is 0 Å². The molecular weight excluding hydrogens is 342 g/mol. The van der Waals surface area contributed by atoms with Gasteiger partial charge in [0.1, 0.15) is 11.9 Å². The first-order chi connectivity index (χ1) is 13.2. The van der Waals surface area contributed by atoms with Crippen LogP contribution in [0.3, 0.4) is 0 Å². The van der Waals surface area contributed by atoms with Gasteiger partial charge in [-0.15, -0.1) is 0 Å². The molecule has 2 aliphatic heterocycles. The second-order valence-electron chi connectivity index (χ2n) is 7.61. The molecule has 4 heterocycles. The molecule has 0 aromatic carbocycles. The van der Waals surface area contributed by atoms with Crippen LogP contribution in [0.1, 0.15) is 56.3 Å². The summed E-state index contributed by atoms with van der Waals surface area (Å²) in [6.07, 6.45) is 11.1. The number of aryl methyl sites for hydroxylation is 2. The molecule has 7 heteroatoms. The Morgan fingerprint density at radius 2 is 2.11 bits per heavy atom. The maximum atomic E-state index is 13.3. The molecule has 0 radical (unpaired) electrons. The van der Waals surface area contributed by atoms with Crippen molar-refractivity contribution < 1.29 is 9.53 Å². The maximum Gasteiger partial charge on any atom is 0.228 e. The first-order valence-electron chi connectivity index (χ1n) is 10.1. The van der Waals surface area contributed by atoms with E-state index in [1.165, 1.54) is 5.69 Å². The van der Waals surface area contributed by atoms with E-state index in [1.54, 1.807) is 6.20 Å². The quantitative estimate of drug-likeness (QED) is 0.829. The molecule has 2 aromatic rings. The zero-order valence-electron chi connectivity index (χ0n) is 16.3. The molecule has 0 aliphatic carbocycles. The lowest BCUT2D eigenvalue weighted by Crippen LogP contribution is -2.45. The lowest BCUT2D eigenvalue weighted by molar-refractivity contribution is -0.147. The van der Waals surface area contributed by atoms with Gasteiger partial charge in [0.15, 0.2) is 0 Å². The summed E-state index contributed by atoms with van der Waals surface area (Å²) in [5, 5.41) is 0. The van der Waals surface area contributed by atoms with E-state index in [0.29, 0.717) is 12.6 Å². The second kappa shape index (κ2) is 7.84. The van der Waals surface area contributed by atoms with Gasteiger partial charge in [0.25, 0.3) is 0 Å². The van der Waals surface area contributed by atoms with Crippen LogP contribution < -0.4 is 0 Å². The van der Waals surface area contributed by atoms with Crippen LogP contribution in [0.5, 0.6) is 0 Å². The highest BCUT2D eigenvalue weighted by atomic mass is 16.5. The van der Waals surface area contributed by atoms with E-state index in [9.17, 15) is 4.79 Å². The summed E-state index contributed by atoms with van der Waals surface area (Å²) in [6, 6.07) is 0.439. The van der Waals surface area contributed by atoms with E-state index in [2.05, 4.69) is 32.9 Å². The minimum Gasteiger partial charge on any atom is -0.369 e. The smallest absolute Gasteiger partial charge is 0.228 e. The molecule has 0 saturated carbocycles. The Balaban J connectivity index is 1.44. The number of imidazole rings is 2. The summed E-state index contributed by atoms with van der Waals surface area (Å²) in [4.78, 5) is 24.1. The fourth-order valence-corrected chi connectivity index (χ4v) is 4.49. The average molecular weight is 371 g/mol. The molecule has 0 bridgehead atoms. The van der Waals surface area contributed by atoms with Gasteiger partial charge in [-0.3, -0.25) is 4.79 Å². The maximum absolute atomic E-state index is 13.3. The Bertz CT molecular complexity index is 775. The van der Waals surface area contributed by atoms with Gasteiger partial charge >= 0.3 is 0 Å². The number of rotatable bonds is 4. The number of carbonyl (C=O) groups excluding carboxylic acids is 1. The number of piperidine rings is 1. The topological polar surface area (TPSA) is 65.2 Å². The van der Waals surface area contributed by atoms with Crippen LogP contribution in [0.4, 0.5) is 0 Å². The van der Waals surface area contributed by atoms with E-state index in [0.717, 1.165) is 51.1 Å². The average Bonchev–Trinajstić information content (AvgIpc) is 3.36. The number of ether oxygens (including phenoxy) is 1. The summed E-state index contributed by atoms with van der Waals surface area (Å²) < 4.78 is 10.4. The molecule has 146 valence electrons. The minimum atomic E-state index is -0.227. The van der Waals surface area contributed by atoms with Gasteiger partial charge in [0.05, 0.1) is 12.2 Å². The van der Waals surface area contributed by atoms with Crippen LogP contribution in [-0.4, -0.2) is 49.6 Å². The largest absolute Gasteiger partial charge is 0.369 e. The number of amides is 1. The van der Waals surface area contributed by atoms with Crippen molar-refractivity contribution >= 4 is 5.91 Å². The van der Waals surface area contributed by atoms with Crippen LogP contribution in [0, 0.1) is 12.8 Å². The van der Waals surface area contributed by atoms with Gasteiger partial charge in [0, 0.05) is 56.6 Å². The minimum absolute atomic E-state index is 0.127. The van der Waals surface area contributed by atoms with Crippen molar-refractivity contribution in [3.05, 3.63) is 36.4 Å². The Kier molecular flexibility index (Phi) is 5.29. The molecule has 4 rings (SSSR count). The molecule has 7 nitrogen and oxygen atoms in total. The van der Waals surface area contributed by atoms with Crippen LogP contribution in [0.25, 0.3) is 0 Å². The van der Waals surface area contributed by atoms with Crippen molar-refractivity contribution in [3.63, 3.8) is 0 Å². The summed E-state index contributed by atoms with van der Waals surface area (Å²) >= 11 is 0. The highest BCUT2D eigenvalue weighted by Crippen LogP contribution is 2.35. The van der Waals surface area contributed by atoms with Crippen LogP contribution in [-0.2, 0) is 16.1 Å². The second-order valence-corrected chi connectivity index (χ2v) is 7.61. The van der Waals surface area contributed by atoms with Crippen molar-refractivity contribution in [2.24, 2.45) is 5.92 Å². The Morgan fingerprint density at radius 3 is 2.81 bits per heavy atom. The highest BCUT2D eigenvalue weighted by molar-refractivity contribution is 5.79. The van der Waals surface area contributed by atoms with Gasteiger partial charge in [-0.1, -0.05) is 0 Å². The van der Waals surface area contributed by atoms with Crippen LogP contribution in [0.2, 0.25) is 0 Å². The molecule has 2 aliphatic rings. The number of likely N-dealkylation sites (tertiary alicyclic amines) is 1. The lowest BCUT2D eigenvalue weighted by Gasteiger charge is -2.38. The fraction of sp³-hybridized carbons (Fsp3) is 0.650. The lowest BCUT2D eigenvalue weighted by atomic mass is 9.91. The molecule has 2 atom stereocenters. The van der Waals surface area contributed by atoms with E-state index in [4.69, 9.17) is 4.74 Å². The van der Waals surface area contributed by atoms with Crippen molar-refractivity contribution in [3.8, 4) is 0 Å². The summed E-state index contributed by atoms with van der Waals surface area (Å²) in [5.41, 5.74) is 1.19. The first kappa shape index (κ1) is 18.2. The SMILES string of the molecule is CCn1ccnc1[C@@H]1OCCC[C@H]1C(=O)N1CCC(n2cncc2C)CC1. The van der Waals surface area contributed by atoms with Gasteiger partial charge in [0.2, 0.25) is 5.91 Å². The van der Waals surface area contributed by atoms with Crippen molar-refractivity contribution in [2.45, 2.75) is 58.2 Å². The molecule has 2 fully saturated rings. The predicted molar refractivity (Wildman–Crippen MR) is 101 cm³/mol. The van der Waals surface area contributed by atoms with Gasteiger partial charge in [-0.25, -0.2) is 9.97 Å². The molecule has 0 spiro atoms. The standard InChI is InChI=1S/C20H29N5O2/c1-3-23-11-8-22-19(23)18-17(5-4-12-27-18)20(26)24-9-6-16(7-10-24)25-14-21-13-15(25)2/h8,11,13-14,16-18H,3-7,9-10,12H2,1-2H3/t17-,18-/m1/s1. The normalized spacial score (nSPS) is 24.3. The number of carbonyl (C=O) groups is 1. The third kappa shape index (κ3) is 3.52. The van der Waals surface area contributed by atoms with Crippen LogP contribution in [0.15, 0.2) is 24.9 Å². The zero-order chi connectivity index (χ0) is 18.8. The van der Waals surface area contributed by atoms with E-state index in [-0.39, 0.29) is 17.9 Å². The Hall–Kier alpha value is -2.15. The van der Waals surface area contributed by atoms with Crippen molar-refractivity contribution in [1.82, 2.24) is 24.0 Å². The van der Waals surface area contributed by atoms with Gasteiger partial charge in [-0.05, 0) is 39.5 Å². The molecule has 2 saturated heterocycles. The number of aromatic nitrogens is 4. The monoisotopic (exact) mass is 371 g/mol. The van der Waals surface area contributed by atoms with Crippen LogP contribution >= 0.6 is 0 Å². The molecule has 2 aromatic heterocycles. The van der Waals surface area contributed by atoms with E-state index in [1.807, 2.05) is 23.6 Å². The van der Waals surface area contributed by atoms with E-state index >= 15 is 0 Å². The summed E-state index contributed by atoms with van der Waals surface area (Å²) in [5.74, 6) is 0.989. The number of nitrogens with zero attached hydrogens (tertiary/aromatic N) is 5. The Labute approximate surface area is 160 Å². The summed E-state index contributed by atoms with van der Waals surface area (Å²) in [7, 11) is 0. The molecule has 1 amide bonds. The molecule has 0 N–H and O–H groups in total. The number of hydrogen-bond donors (Lipinski definition) is 0. The van der Waals surface area contributed by atoms with Gasteiger partial charge in [-0.2, -0.15) is 0 Å².